The number of hydrogen-bond donors (Lipinski definition) is 1. The molecule has 1 heterocycles. The molecule has 0 radical (unpaired) electrons. The maximum Gasteiger partial charge on any atom is 0.124 e. The Morgan fingerprint density at radius 2 is 1.94 bits per heavy atom. The van der Waals surface area contributed by atoms with Crippen LogP contribution in [0.5, 0.6) is 5.75 Å². The van der Waals surface area contributed by atoms with E-state index in [0.717, 1.165) is 17.0 Å². The van der Waals surface area contributed by atoms with E-state index in [1.807, 2.05) is 35.0 Å². The Kier molecular flexibility index (Phi) is 3.67. The molecule has 0 aliphatic rings. The topological polar surface area (TPSA) is 53.1 Å². The lowest BCUT2D eigenvalue weighted by molar-refractivity contribution is 0.405. The predicted molar refractivity (Wildman–Crippen MR) is 71.6 cm³/mol. The molecule has 0 fully saturated rings. The Morgan fingerprint density at radius 1 is 1.22 bits per heavy atom. The van der Waals surface area contributed by atoms with Crippen LogP contribution in [0.2, 0.25) is 0 Å². The normalized spacial score (nSPS) is 12.7. The second kappa shape index (κ2) is 5.23. The van der Waals surface area contributed by atoms with E-state index >= 15 is 0 Å². The van der Waals surface area contributed by atoms with E-state index in [0.29, 0.717) is 0 Å². The SMILES string of the molecule is COc1ccccc1C(N)c1ccnn1C(C)C. The van der Waals surface area contributed by atoms with Crippen molar-refractivity contribution >= 4 is 0 Å². The van der Waals surface area contributed by atoms with Crippen LogP contribution in [0.4, 0.5) is 0 Å². The van der Waals surface area contributed by atoms with E-state index in [1.54, 1.807) is 13.3 Å². The molecule has 0 saturated carbocycles. The highest BCUT2D eigenvalue weighted by molar-refractivity contribution is 5.39. The first-order valence-corrected chi connectivity index (χ1v) is 6.07. The van der Waals surface area contributed by atoms with Gasteiger partial charge in [0.05, 0.1) is 18.8 Å². The van der Waals surface area contributed by atoms with Gasteiger partial charge in [-0.2, -0.15) is 5.10 Å². The van der Waals surface area contributed by atoms with E-state index in [2.05, 4.69) is 18.9 Å². The number of aromatic nitrogens is 2. The van der Waals surface area contributed by atoms with Crippen molar-refractivity contribution in [2.45, 2.75) is 25.9 Å². The lowest BCUT2D eigenvalue weighted by atomic mass is 10.0. The molecule has 96 valence electrons. The Bertz CT molecular complexity index is 519. The van der Waals surface area contributed by atoms with E-state index in [1.165, 1.54) is 0 Å². The number of hydrogen-bond acceptors (Lipinski definition) is 3. The van der Waals surface area contributed by atoms with Crippen molar-refractivity contribution in [1.29, 1.82) is 0 Å². The quantitative estimate of drug-likeness (QED) is 0.900. The average molecular weight is 245 g/mol. The molecule has 2 rings (SSSR count). The van der Waals surface area contributed by atoms with Crippen molar-refractivity contribution in [3.8, 4) is 5.75 Å². The smallest absolute Gasteiger partial charge is 0.124 e. The van der Waals surface area contributed by atoms with Crippen LogP contribution in [0.25, 0.3) is 0 Å². The largest absolute Gasteiger partial charge is 0.496 e. The van der Waals surface area contributed by atoms with E-state index in [-0.39, 0.29) is 12.1 Å². The molecule has 0 saturated heterocycles. The highest BCUT2D eigenvalue weighted by Crippen LogP contribution is 2.28. The Labute approximate surface area is 107 Å². The predicted octanol–water partition coefficient (Wildman–Crippen LogP) is 2.52. The molecule has 4 nitrogen and oxygen atoms in total. The fourth-order valence-corrected chi connectivity index (χ4v) is 2.08. The standard InChI is InChI=1S/C14H19N3O/c1-10(2)17-12(8-9-16-17)14(15)11-6-4-5-7-13(11)18-3/h4-10,14H,15H2,1-3H3. The van der Waals surface area contributed by atoms with Gasteiger partial charge in [0.15, 0.2) is 0 Å². The van der Waals surface area contributed by atoms with Gasteiger partial charge in [-0.05, 0) is 26.0 Å². The highest BCUT2D eigenvalue weighted by atomic mass is 16.5. The molecular weight excluding hydrogens is 226 g/mol. The summed E-state index contributed by atoms with van der Waals surface area (Å²) >= 11 is 0. The van der Waals surface area contributed by atoms with Gasteiger partial charge < -0.3 is 10.5 Å². The monoisotopic (exact) mass is 245 g/mol. The van der Waals surface area contributed by atoms with E-state index in [9.17, 15) is 0 Å². The molecule has 2 aromatic rings. The number of rotatable bonds is 4. The molecule has 1 aromatic carbocycles. The third-order valence-electron chi connectivity index (χ3n) is 2.98. The highest BCUT2D eigenvalue weighted by Gasteiger charge is 2.18. The minimum Gasteiger partial charge on any atom is -0.496 e. The summed E-state index contributed by atoms with van der Waals surface area (Å²) in [5.41, 5.74) is 8.30. The molecule has 0 aliphatic carbocycles. The summed E-state index contributed by atoms with van der Waals surface area (Å²) < 4.78 is 7.30. The first-order chi connectivity index (χ1) is 8.65. The maximum absolute atomic E-state index is 6.33. The molecule has 0 amide bonds. The van der Waals surface area contributed by atoms with Gasteiger partial charge in [0.25, 0.3) is 0 Å². The molecule has 4 heteroatoms. The van der Waals surface area contributed by atoms with Gasteiger partial charge in [-0.3, -0.25) is 4.68 Å². The van der Waals surface area contributed by atoms with Gasteiger partial charge in [0.1, 0.15) is 5.75 Å². The van der Waals surface area contributed by atoms with Crippen LogP contribution >= 0.6 is 0 Å². The summed E-state index contributed by atoms with van der Waals surface area (Å²) in [5, 5.41) is 4.31. The summed E-state index contributed by atoms with van der Waals surface area (Å²) in [5.74, 6) is 0.807. The third kappa shape index (κ3) is 2.24. The van der Waals surface area contributed by atoms with E-state index < -0.39 is 0 Å². The number of nitrogens with two attached hydrogens (primary N) is 1. The van der Waals surface area contributed by atoms with E-state index in [4.69, 9.17) is 10.5 Å². The second-order valence-corrected chi connectivity index (χ2v) is 4.51. The van der Waals surface area contributed by atoms with Crippen LogP contribution in [0.3, 0.4) is 0 Å². The van der Waals surface area contributed by atoms with Crippen molar-refractivity contribution in [1.82, 2.24) is 9.78 Å². The number of benzene rings is 1. The van der Waals surface area contributed by atoms with Gasteiger partial charge in [0.2, 0.25) is 0 Å². The lowest BCUT2D eigenvalue weighted by Crippen LogP contribution is -2.19. The molecule has 1 aromatic heterocycles. The fraction of sp³-hybridized carbons (Fsp3) is 0.357. The summed E-state index contributed by atoms with van der Waals surface area (Å²) in [6, 6.07) is 9.83. The van der Waals surface area contributed by atoms with Gasteiger partial charge in [-0.25, -0.2) is 0 Å². The van der Waals surface area contributed by atoms with Crippen molar-refractivity contribution in [2.75, 3.05) is 7.11 Å². The molecule has 0 bridgehead atoms. The van der Waals surface area contributed by atoms with Gasteiger partial charge in [0, 0.05) is 17.8 Å². The van der Waals surface area contributed by atoms with Crippen molar-refractivity contribution in [3.63, 3.8) is 0 Å². The minimum absolute atomic E-state index is 0.231. The van der Waals surface area contributed by atoms with Crippen molar-refractivity contribution in [3.05, 3.63) is 47.8 Å². The minimum atomic E-state index is -0.231. The van der Waals surface area contributed by atoms with Gasteiger partial charge >= 0.3 is 0 Å². The Morgan fingerprint density at radius 3 is 2.61 bits per heavy atom. The van der Waals surface area contributed by atoms with Gasteiger partial charge in [-0.1, -0.05) is 18.2 Å². The van der Waals surface area contributed by atoms with Crippen molar-refractivity contribution in [2.24, 2.45) is 5.73 Å². The molecule has 1 unspecified atom stereocenters. The number of nitrogens with zero attached hydrogens (tertiary/aromatic N) is 2. The summed E-state index contributed by atoms with van der Waals surface area (Å²) in [7, 11) is 1.66. The Hall–Kier alpha value is -1.81. The average Bonchev–Trinajstić information content (AvgIpc) is 2.87. The number of ether oxygens (including phenoxy) is 1. The van der Waals surface area contributed by atoms with Crippen LogP contribution < -0.4 is 10.5 Å². The van der Waals surface area contributed by atoms with Crippen LogP contribution in [0.15, 0.2) is 36.5 Å². The molecule has 2 N–H and O–H groups in total. The number of methoxy groups -OCH3 is 1. The molecule has 0 aliphatic heterocycles. The molecular formula is C14H19N3O. The molecule has 0 spiro atoms. The fourth-order valence-electron chi connectivity index (χ4n) is 2.08. The van der Waals surface area contributed by atoms with Crippen LogP contribution in [-0.2, 0) is 0 Å². The van der Waals surface area contributed by atoms with Crippen LogP contribution in [-0.4, -0.2) is 16.9 Å². The first-order valence-electron chi connectivity index (χ1n) is 6.07. The van der Waals surface area contributed by atoms with Gasteiger partial charge in [-0.15, -0.1) is 0 Å². The van der Waals surface area contributed by atoms with Crippen LogP contribution in [0, 0.1) is 0 Å². The summed E-state index contributed by atoms with van der Waals surface area (Å²) in [6.45, 7) is 4.18. The van der Waals surface area contributed by atoms with Crippen LogP contribution in [0.1, 0.15) is 37.2 Å². The third-order valence-corrected chi connectivity index (χ3v) is 2.98. The second-order valence-electron chi connectivity index (χ2n) is 4.51. The summed E-state index contributed by atoms with van der Waals surface area (Å²) in [4.78, 5) is 0. The van der Waals surface area contributed by atoms with Crippen molar-refractivity contribution < 1.29 is 4.74 Å². The first kappa shape index (κ1) is 12.6. The maximum atomic E-state index is 6.33. The summed E-state index contributed by atoms with van der Waals surface area (Å²) in [6.07, 6.45) is 1.78. The Balaban J connectivity index is 2.41. The zero-order chi connectivity index (χ0) is 13.1. The zero-order valence-electron chi connectivity index (χ0n) is 11.0. The molecule has 18 heavy (non-hydrogen) atoms. The number of para-hydroxylation sites is 1. The lowest BCUT2D eigenvalue weighted by Gasteiger charge is -2.19. The molecule has 1 atom stereocenters. The zero-order valence-corrected chi connectivity index (χ0v) is 11.0.